The van der Waals surface area contributed by atoms with Gasteiger partial charge in [0, 0.05) is 6.42 Å². The average molecular weight is 278 g/mol. The van der Waals surface area contributed by atoms with Gasteiger partial charge < -0.3 is 9.47 Å². The highest BCUT2D eigenvalue weighted by molar-refractivity contribution is 7.86. The largest absolute Gasteiger partial charge is 0.508 e. The monoisotopic (exact) mass is 278 g/mol. The maximum atomic E-state index is 11.7. The second kappa shape index (κ2) is 5.88. The van der Waals surface area contributed by atoms with Crippen LogP contribution in [0.25, 0.3) is 0 Å². The molecule has 0 aromatic rings. The van der Waals surface area contributed by atoms with E-state index in [2.05, 4.69) is 4.74 Å². The Balaban J connectivity index is 1.74. The van der Waals surface area contributed by atoms with E-state index in [1.54, 1.807) is 0 Å². The quantitative estimate of drug-likeness (QED) is 0.561. The molecule has 1 aliphatic heterocycles. The zero-order chi connectivity index (χ0) is 13.0. The van der Waals surface area contributed by atoms with Crippen LogP contribution in [0, 0.1) is 0 Å². The molecule has 1 heterocycles. The lowest BCUT2D eigenvalue weighted by atomic mass is 9.98. The van der Waals surface area contributed by atoms with Crippen LogP contribution in [0.2, 0.25) is 0 Å². The van der Waals surface area contributed by atoms with E-state index in [1.165, 1.54) is 0 Å². The van der Waals surface area contributed by atoms with Crippen molar-refractivity contribution < 1.29 is 26.9 Å². The molecular formula is C11H18O6S. The normalized spacial score (nSPS) is 25.8. The van der Waals surface area contributed by atoms with Crippen LogP contribution in [-0.4, -0.2) is 39.1 Å². The Kier molecular flexibility index (Phi) is 4.45. The van der Waals surface area contributed by atoms with E-state index < -0.39 is 22.4 Å². The number of hydrogen-bond donors (Lipinski definition) is 0. The summed E-state index contributed by atoms with van der Waals surface area (Å²) in [4.78, 5) is 10.7. The van der Waals surface area contributed by atoms with Gasteiger partial charge in [-0.1, -0.05) is 19.3 Å². The van der Waals surface area contributed by atoms with E-state index in [0.717, 1.165) is 32.1 Å². The molecule has 1 aliphatic carbocycles. The third-order valence-electron chi connectivity index (χ3n) is 3.17. The van der Waals surface area contributed by atoms with Crippen molar-refractivity contribution in [1.82, 2.24) is 0 Å². The van der Waals surface area contributed by atoms with Gasteiger partial charge in [-0.3, -0.25) is 4.18 Å². The summed E-state index contributed by atoms with van der Waals surface area (Å²) in [6.07, 6.45) is 3.65. The molecule has 0 bridgehead atoms. The molecule has 18 heavy (non-hydrogen) atoms. The summed E-state index contributed by atoms with van der Waals surface area (Å²) in [5.74, 6) is -0.134. The van der Waals surface area contributed by atoms with Crippen molar-refractivity contribution in [2.24, 2.45) is 0 Å². The Morgan fingerprint density at radius 2 is 1.94 bits per heavy atom. The van der Waals surface area contributed by atoms with Gasteiger partial charge in [0.25, 0.3) is 10.1 Å². The number of hydrogen-bond acceptors (Lipinski definition) is 6. The molecule has 2 aliphatic rings. The standard InChI is InChI=1S/C11H18O6S/c12-11-15-8-10(16-11)6-7-18(13,14)17-9-4-2-1-3-5-9/h9-10H,1-8H2. The molecular weight excluding hydrogens is 260 g/mol. The van der Waals surface area contributed by atoms with Crippen molar-refractivity contribution in [2.75, 3.05) is 12.4 Å². The summed E-state index contributed by atoms with van der Waals surface area (Å²) in [6, 6.07) is 0. The van der Waals surface area contributed by atoms with E-state index in [9.17, 15) is 13.2 Å². The minimum atomic E-state index is -3.53. The molecule has 1 saturated carbocycles. The maximum Gasteiger partial charge on any atom is 0.508 e. The maximum absolute atomic E-state index is 11.7. The van der Waals surface area contributed by atoms with Crippen molar-refractivity contribution in [1.29, 1.82) is 0 Å². The lowest BCUT2D eigenvalue weighted by molar-refractivity contribution is 0.116. The summed E-state index contributed by atoms with van der Waals surface area (Å²) in [7, 11) is -3.53. The van der Waals surface area contributed by atoms with E-state index in [1.807, 2.05) is 0 Å². The average Bonchev–Trinajstić information content (AvgIpc) is 2.74. The molecule has 2 fully saturated rings. The molecule has 2 rings (SSSR count). The second-order valence-electron chi connectivity index (χ2n) is 4.71. The zero-order valence-electron chi connectivity index (χ0n) is 10.2. The van der Waals surface area contributed by atoms with Gasteiger partial charge in [-0.2, -0.15) is 8.42 Å². The Morgan fingerprint density at radius 1 is 1.22 bits per heavy atom. The molecule has 0 aromatic heterocycles. The fraction of sp³-hybridized carbons (Fsp3) is 0.909. The Labute approximate surface area is 107 Å². The third-order valence-corrected chi connectivity index (χ3v) is 4.48. The van der Waals surface area contributed by atoms with E-state index >= 15 is 0 Å². The van der Waals surface area contributed by atoms with E-state index in [-0.39, 0.29) is 24.9 Å². The minimum absolute atomic E-state index is 0.123. The SMILES string of the molecule is O=C1OCC(CCS(=O)(=O)OC2CCCCC2)O1. The molecule has 6 nitrogen and oxygen atoms in total. The first-order valence-corrected chi connectivity index (χ1v) is 7.87. The van der Waals surface area contributed by atoms with Crippen LogP contribution in [0.3, 0.4) is 0 Å². The first-order valence-electron chi connectivity index (χ1n) is 6.29. The Hall–Kier alpha value is -0.820. The van der Waals surface area contributed by atoms with Crippen molar-refractivity contribution in [3.05, 3.63) is 0 Å². The second-order valence-corrected chi connectivity index (χ2v) is 6.42. The van der Waals surface area contributed by atoms with Crippen LogP contribution >= 0.6 is 0 Å². The highest BCUT2D eigenvalue weighted by Crippen LogP contribution is 2.22. The van der Waals surface area contributed by atoms with Crippen molar-refractivity contribution in [2.45, 2.75) is 50.7 Å². The molecule has 1 unspecified atom stereocenters. The fourth-order valence-corrected chi connectivity index (χ4v) is 3.45. The highest BCUT2D eigenvalue weighted by Gasteiger charge is 2.28. The van der Waals surface area contributed by atoms with Crippen molar-refractivity contribution >= 4 is 16.3 Å². The van der Waals surface area contributed by atoms with Crippen LogP contribution in [-0.2, 0) is 23.8 Å². The summed E-state index contributed by atoms with van der Waals surface area (Å²) in [6.45, 7) is 0.123. The number of carbonyl (C=O) groups is 1. The van der Waals surface area contributed by atoms with Crippen molar-refractivity contribution in [3.8, 4) is 0 Å². The van der Waals surface area contributed by atoms with Gasteiger partial charge in [-0.15, -0.1) is 0 Å². The molecule has 0 aromatic carbocycles. The van der Waals surface area contributed by atoms with Crippen LogP contribution in [0.4, 0.5) is 4.79 Å². The number of rotatable bonds is 5. The van der Waals surface area contributed by atoms with Gasteiger partial charge >= 0.3 is 6.16 Å². The van der Waals surface area contributed by atoms with Gasteiger partial charge in [0.15, 0.2) is 0 Å². The molecule has 0 N–H and O–H groups in total. The number of cyclic esters (lactones) is 2. The summed E-state index contributed by atoms with van der Waals surface area (Å²) < 4.78 is 38.0. The lowest BCUT2D eigenvalue weighted by Crippen LogP contribution is -2.25. The fourth-order valence-electron chi connectivity index (χ4n) is 2.20. The molecule has 104 valence electrons. The van der Waals surface area contributed by atoms with E-state index in [0.29, 0.717) is 0 Å². The van der Waals surface area contributed by atoms with Crippen LogP contribution in [0.5, 0.6) is 0 Å². The molecule has 7 heteroatoms. The minimum Gasteiger partial charge on any atom is -0.430 e. The highest BCUT2D eigenvalue weighted by atomic mass is 32.2. The van der Waals surface area contributed by atoms with Crippen LogP contribution in [0.1, 0.15) is 38.5 Å². The number of ether oxygens (including phenoxy) is 2. The molecule has 1 saturated heterocycles. The first kappa shape index (κ1) is 13.6. The topological polar surface area (TPSA) is 78.9 Å². The predicted octanol–water partition coefficient (Wildman–Crippen LogP) is 1.59. The smallest absolute Gasteiger partial charge is 0.430 e. The van der Waals surface area contributed by atoms with Crippen LogP contribution < -0.4 is 0 Å². The molecule has 1 atom stereocenters. The predicted molar refractivity (Wildman–Crippen MR) is 62.6 cm³/mol. The molecule has 0 amide bonds. The van der Waals surface area contributed by atoms with Crippen molar-refractivity contribution in [3.63, 3.8) is 0 Å². The van der Waals surface area contributed by atoms with Crippen LogP contribution in [0.15, 0.2) is 0 Å². The Bertz CT molecular complexity index is 384. The third kappa shape index (κ3) is 4.13. The van der Waals surface area contributed by atoms with Gasteiger partial charge in [-0.05, 0) is 12.8 Å². The summed E-state index contributed by atoms with van der Waals surface area (Å²) >= 11 is 0. The number of carbonyl (C=O) groups excluding carboxylic acids is 1. The molecule has 0 radical (unpaired) electrons. The lowest BCUT2D eigenvalue weighted by Gasteiger charge is -2.21. The molecule has 0 spiro atoms. The zero-order valence-corrected chi connectivity index (χ0v) is 11.0. The summed E-state index contributed by atoms with van der Waals surface area (Å²) in [5, 5.41) is 0. The first-order chi connectivity index (χ1) is 8.55. The summed E-state index contributed by atoms with van der Waals surface area (Å²) in [5.41, 5.74) is 0. The van der Waals surface area contributed by atoms with Gasteiger partial charge in [0.05, 0.1) is 11.9 Å². The Morgan fingerprint density at radius 3 is 2.56 bits per heavy atom. The van der Waals surface area contributed by atoms with Gasteiger partial charge in [-0.25, -0.2) is 4.79 Å². The van der Waals surface area contributed by atoms with E-state index in [4.69, 9.17) is 8.92 Å². The van der Waals surface area contributed by atoms with Gasteiger partial charge in [0.1, 0.15) is 12.7 Å². The van der Waals surface area contributed by atoms with Gasteiger partial charge in [0.2, 0.25) is 0 Å².